The number of methoxy groups -OCH3 is 1. The predicted molar refractivity (Wildman–Crippen MR) is 52.7 cm³/mol. The molecule has 0 saturated heterocycles. The molecule has 1 rings (SSSR count). The average molecular weight is 179 g/mol. The standard InChI is InChI=1S/C10H13NO2/c1-13-10-7-8(3-2-6-11)4-5-9(10)12/h2-5,7,12H,6,11H2,1H3. The van der Waals surface area contributed by atoms with Crippen LogP contribution in [-0.2, 0) is 0 Å². The fourth-order valence-corrected chi connectivity index (χ4v) is 1.00. The van der Waals surface area contributed by atoms with Crippen molar-refractivity contribution >= 4 is 6.08 Å². The van der Waals surface area contributed by atoms with E-state index < -0.39 is 0 Å². The largest absolute Gasteiger partial charge is 0.504 e. The number of phenols is 1. The van der Waals surface area contributed by atoms with Gasteiger partial charge in [0.15, 0.2) is 11.5 Å². The lowest BCUT2D eigenvalue weighted by Crippen LogP contribution is -1.92. The number of phenolic OH excluding ortho intramolecular Hbond substituents is 1. The Morgan fingerprint density at radius 2 is 2.31 bits per heavy atom. The zero-order valence-corrected chi connectivity index (χ0v) is 7.53. The highest BCUT2D eigenvalue weighted by molar-refractivity contribution is 5.55. The lowest BCUT2D eigenvalue weighted by atomic mass is 10.2. The summed E-state index contributed by atoms with van der Waals surface area (Å²) in [5.74, 6) is 0.617. The van der Waals surface area contributed by atoms with Crippen molar-refractivity contribution in [3.8, 4) is 11.5 Å². The van der Waals surface area contributed by atoms with E-state index in [-0.39, 0.29) is 5.75 Å². The molecule has 0 amide bonds. The SMILES string of the molecule is COc1cc(C=CCN)ccc1O. The minimum Gasteiger partial charge on any atom is -0.504 e. The summed E-state index contributed by atoms with van der Waals surface area (Å²) < 4.78 is 4.95. The molecule has 0 aliphatic heterocycles. The minimum absolute atomic E-state index is 0.146. The van der Waals surface area contributed by atoms with Crippen molar-refractivity contribution in [2.75, 3.05) is 13.7 Å². The fourth-order valence-electron chi connectivity index (χ4n) is 1.00. The van der Waals surface area contributed by atoms with Gasteiger partial charge in [-0.15, -0.1) is 0 Å². The monoisotopic (exact) mass is 179 g/mol. The number of ether oxygens (including phenoxy) is 1. The van der Waals surface area contributed by atoms with E-state index in [0.717, 1.165) is 5.56 Å². The summed E-state index contributed by atoms with van der Waals surface area (Å²) in [5.41, 5.74) is 6.27. The number of aromatic hydroxyl groups is 1. The van der Waals surface area contributed by atoms with E-state index in [1.165, 1.54) is 7.11 Å². The first-order valence-electron chi connectivity index (χ1n) is 4.01. The Balaban J connectivity index is 2.92. The van der Waals surface area contributed by atoms with Crippen LogP contribution in [0.3, 0.4) is 0 Å². The Bertz CT molecular complexity index is 308. The van der Waals surface area contributed by atoms with Gasteiger partial charge in [-0.1, -0.05) is 18.2 Å². The van der Waals surface area contributed by atoms with Crippen LogP contribution in [0.4, 0.5) is 0 Å². The molecule has 13 heavy (non-hydrogen) atoms. The molecule has 1 aromatic carbocycles. The maximum atomic E-state index is 9.29. The Morgan fingerprint density at radius 1 is 1.54 bits per heavy atom. The van der Waals surface area contributed by atoms with Gasteiger partial charge in [-0.25, -0.2) is 0 Å². The summed E-state index contributed by atoms with van der Waals surface area (Å²) in [6.07, 6.45) is 3.72. The number of benzene rings is 1. The third kappa shape index (κ3) is 2.49. The van der Waals surface area contributed by atoms with Crippen LogP contribution in [-0.4, -0.2) is 18.8 Å². The van der Waals surface area contributed by atoms with Crippen molar-refractivity contribution in [2.45, 2.75) is 0 Å². The van der Waals surface area contributed by atoms with Crippen LogP contribution in [0.15, 0.2) is 24.3 Å². The van der Waals surface area contributed by atoms with Gasteiger partial charge in [-0.05, 0) is 17.7 Å². The number of hydrogen-bond donors (Lipinski definition) is 2. The quantitative estimate of drug-likeness (QED) is 0.736. The van der Waals surface area contributed by atoms with E-state index >= 15 is 0 Å². The average Bonchev–Trinajstić information content (AvgIpc) is 2.16. The van der Waals surface area contributed by atoms with E-state index in [4.69, 9.17) is 10.5 Å². The zero-order chi connectivity index (χ0) is 9.68. The molecular formula is C10H13NO2. The number of nitrogens with two attached hydrogens (primary N) is 1. The highest BCUT2D eigenvalue weighted by Gasteiger charge is 1.99. The zero-order valence-electron chi connectivity index (χ0n) is 7.53. The van der Waals surface area contributed by atoms with Gasteiger partial charge in [-0.2, -0.15) is 0 Å². The molecule has 70 valence electrons. The molecular weight excluding hydrogens is 166 g/mol. The molecule has 3 heteroatoms. The third-order valence-corrected chi connectivity index (χ3v) is 1.65. The van der Waals surface area contributed by atoms with Crippen molar-refractivity contribution in [1.29, 1.82) is 0 Å². The summed E-state index contributed by atoms with van der Waals surface area (Å²) in [6, 6.07) is 5.14. The van der Waals surface area contributed by atoms with Crippen LogP contribution in [0.1, 0.15) is 5.56 Å². The number of rotatable bonds is 3. The Kier molecular flexibility index (Phi) is 3.34. The van der Waals surface area contributed by atoms with Crippen LogP contribution in [0.5, 0.6) is 11.5 Å². The molecule has 0 aliphatic rings. The van der Waals surface area contributed by atoms with Crippen molar-refractivity contribution < 1.29 is 9.84 Å². The molecule has 0 bridgehead atoms. The second-order valence-electron chi connectivity index (χ2n) is 2.57. The highest BCUT2D eigenvalue weighted by atomic mass is 16.5. The second-order valence-corrected chi connectivity index (χ2v) is 2.57. The first-order chi connectivity index (χ1) is 6.27. The van der Waals surface area contributed by atoms with Crippen LogP contribution < -0.4 is 10.5 Å². The normalized spacial score (nSPS) is 10.6. The van der Waals surface area contributed by atoms with Gasteiger partial charge >= 0.3 is 0 Å². The first kappa shape index (κ1) is 9.61. The smallest absolute Gasteiger partial charge is 0.161 e. The molecule has 0 radical (unpaired) electrons. The minimum atomic E-state index is 0.146. The molecule has 0 spiro atoms. The van der Waals surface area contributed by atoms with Gasteiger partial charge in [0.2, 0.25) is 0 Å². The lowest BCUT2D eigenvalue weighted by Gasteiger charge is -2.03. The summed E-state index contributed by atoms with van der Waals surface area (Å²) >= 11 is 0. The maximum absolute atomic E-state index is 9.29. The van der Waals surface area contributed by atoms with Crippen molar-refractivity contribution in [3.63, 3.8) is 0 Å². The van der Waals surface area contributed by atoms with Crippen LogP contribution in [0.2, 0.25) is 0 Å². The van der Waals surface area contributed by atoms with Gasteiger partial charge in [-0.3, -0.25) is 0 Å². The molecule has 0 unspecified atom stereocenters. The van der Waals surface area contributed by atoms with Gasteiger partial charge in [0, 0.05) is 6.54 Å². The summed E-state index contributed by atoms with van der Waals surface area (Å²) in [6.45, 7) is 0.503. The molecule has 0 heterocycles. The molecule has 3 nitrogen and oxygen atoms in total. The van der Waals surface area contributed by atoms with Gasteiger partial charge < -0.3 is 15.6 Å². The molecule has 0 atom stereocenters. The fraction of sp³-hybridized carbons (Fsp3) is 0.200. The maximum Gasteiger partial charge on any atom is 0.161 e. The van der Waals surface area contributed by atoms with Crippen molar-refractivity contribution in [1.82, 2.24) is 0 Å². The summed E-state index contributed by atoms with van der Waals surface area (Å²) in [4.78, 5) is 0. The van der Waals surface area contributed by atoms with E-state index in [1.54, 1.807) is 18.2 Å². The molecule has 0 saturated carbocycles. The van der Waals surface area contributed by atoms with E-state index in [2.05, 4.69) is 0 Å². The van der Waals surface area contributed by atoms with Gasteiger partial charge in [0.05, 0.1) is 7.11 Å². The number of hydrogen-bond acceptors (Lipinski definition) is 3. The van der Waals surface area contributed by atoms with Crippen LogP contribution in [0, 0.1) is 0 Å². The summed E-state index contributed by atoms with van der Waals surface area (Å²) in [7, 11) is 1.52. The lowest BCUT2D eigenvalue weighted by molar-refractivity contribution is 0.373. The molecule has 0 aromatic heterocycles. The van der Waals surface area contributed by atoms with E-state index in [0.29, 0.717) is 12.3 Å². The molecule has 0 aliphatic carbocycles. The molecule has 3 N–H and O–H groups in total. The Hall–Kier alpha value is -1.48. The molecule has 1 aromatic rings. The Morgan fingerprint density at radius 3 is 2.92 bits per heavy atom. The van der Waals surface area contributed by atoms with Gasteiger partial charge in [0.25, 0.3) is 0 Å². The van der Waals surface area contributed by atoms with Crippen LogP contribution >= 0.6 is 0 Å². The second kappa shape index (κ2) is 4.52. The van der Waals surface area contributed by atoms with E-state index in [1.807, 2.05) is 12.2 Å². The molecule has 0 fully saturated rings. The third-order valence-electron chi connectivity index (χ3n) is 1.65. The predicted octanol–water partition coefficient (Wildman–Crippen LogP) is 1.37. The summed E-state index contributed by atoms with van der Waals surface area (Å²) in [5, 5.41) is 9.29. The van der Waals surface area contributed by atoms with Gasteiger partial charge in [0.1, 0.15) is 0 Å². The van der Waals surface area contributed by atoms with Crippen molar-refractivity contribution in [2.24, 2.45) is 5.73 Å². The Labute approximate surface area is 77.4 Å². The highest BCUT2D eigenvalue weighted by Crippen LogP contribution is 2.26. The topological polar surface area (TPSA) is 55.5 Å². The van der Waals surface area contributed by atoms with E-state index in [9.17, 15) is 5.11 Å². The van der Waals surface area contributed by atoms with Crippen LogP contribution in [0.25, 0.3) is 6.08 Å². The first-order valence-corrected chi connectivity index (χ1v) is 4.01. The van der Waals surface area contributed by atoms with Crippen molar-refractivity contribution in [3.05, 3.63) is 29.8 Å².